The summed E-state index contributed by atoms with van der Waals surface area (Å²) in [5.41, 5.74) is 2.15. The number of aryl methyl sites for hydroxylation is 2. The van der Waals surface area contributed by atoms with E-state index in [1.807, 2.05) is 26.0 Å². The van der Waals surface area contributed by atoms with E-state index in [2.05, 4.69) is 20.6 Å². The fourth-order valence-electron chi connectivity index (χ4n) is 2.43. The number of nitrogens with zero attached hydrogens (tertiary/aromatic N) is 2. The Balaban J connectivity index is 1.84. The Morgan fingerprint density at radius 3 is 2.59 bits per heavy atom. The number of rotatable bonds is 5. The van der Waals surface area contributed by atoms with E-state index in [9.17, 15) is 9.59 Å². The Hall–Kier alpha value is -3.26. The number of benzene rings is 1. The third-order valence-corrected chi connectivity index (χ3v) is 4.51. The average Bonchev–Trinajstić information content (AvgIpc) is 3.01. The van der Waals surface area contributed by atoms with E-state index in [0.717, 1.165) is 10.7 Å². The minimum atomic E-state index is -0.428. The van der Waals surface area contributed by atoms with Crippen LogP contribution in [0, 0.1) is 13.8 Å². The predicted molar refractivity (Wildman–Crippen MR) is 105 cm³/mol. The molecule has 0 unspecified atom stereocenters. The number of methoxy groups -OCH3 is 1. The lowest BCUT2D eigenvalue weighted by Gasteiger charge is -2.08. The van der Waals surface area contributed by atoms with Crippen LogP contribution in [0.3, 0.4) is 0 Å². The second kappa shape index (κ2) is 7.96. The van der Waals surface area contributed by atoms with Gasteiger partial charge < -0.3 is 15.4 Å². The molecule has 7 nitrogen and oxygen atoms in total. The largest absolute Gasteiger partial charge is 0.465 e. The molecule has 0 spiro atoms. The summed E-state index contributed by atoms with van der Waals surface area (Å²) in [6.45, 7) is 3.67. The molecular formula is C19H18N4O3S. The Morgan fingerprint density at radius 2 is 1.85 bits per heavy atom. The SMILES string of the molecule is COC(=O)c1cccc(Nc2sc(C)nc2C(=O)Nc2cccc(C)n2)c1. The van der Waals surface area contributed by atoms with Crippen molar-refractivity contribution in [3.05, 3.63) is 64.4 Å². The minimum Gasteiger partial charge on any atom is -0.465 e. The molecule has 0 aliphatic rings. The number of hydrogen-bond donors (Lipinski definition) is 2. The first-order valence-corrected chi connectivity index (χ1v) is 8.96. The van der Waals surface area contributed by atoms with Crippen LogP contribution >= 0.6 is 11.3 Å². The zero-order valence-corrected chi connectivity index (χ0v) is 15.9. The summed E-state index contributed by atoms with van der Waals surface area (Å²) in [5.74, 6) is -0.323. The third-order valence-electron chi connectivity index (χ3n) is 3.62. The van der Waals surface area contributed by atoms with Gasteiger partial charge in [-0.3, -0.25) is 4.79 Å². The molecule has 2 N–H and O–H groups in total. The Morgan fingerprint density at radius 1 is 1.07 bits per heavy atom. The fourth-order valence-corrected chi connectivity index (χ4v) is 3.26. The van der Waals surface area contributed by atoms with E-state index in [1.165, 1.54) is 18.4 Å². The monoisotopic (exact) mass is 382 g/mol. The summed E-state index contributed by atoms with van der Waals surface area (Å²) < 4.78 is 4.74. The van der Waals surface area contributed by atoms with Crippen LogP contribution in [0.25, 0.3) is 0 Å². The molecule has 0 radical (unpaired) electrons. The molecule has 3 aromatic rings. The number of anilines is 3. The summed E-state index contributed by atoms with van der Waals surface area (Å²) >= 11 is 1.35. The number of ether oxygens (including phenoxy) is 1. The van der Waals surface area contributed by atoms with Gasteiger partial charge in [-0.1, -0.05) is 12.1 Å². The van der Waals surface area contributed by atoms with Crippen LogP contribution in [0.15, 0.2) is 42.5 Å². The molecule has 0 saturated heterocycles. The van der Waals surface area contributed by atoms with Crippen LogP contribution in [0.4, 0.5) is 16.5 Å². The first kappa shape index (κ1) is 18.5. The van der Waals surface area contributed by atoms with E-state index >= 15 is 0 Å². The highest BCUT2D eigenvalue weighted by atomic mass is 32.1. The molecule has 1 aromatic carbocycles. The first-order valence-electron chi connectivity index (χ1n) is 8.14. The lowest BCUT2D eigenvalue weighted by molar-refractivity contribution is 0.0600. The van der Waals surface area contributed by atoms with Gasteiger partial charge in [0.25, 0.3) is 5.91 Å². The minimum absolute atomic E-state index is 0.268. The van der Waals surface area contributed by atoms with Gasteiger partial charge in [0.1, 0.15) is 10.8 Å². The first-order chi connectivity index (χ1) is 13.0. The van der Waals surface area contributed by atoms with Crippen molar-refractivity contribution in [2.45, 2.75) is 13.8 Å². The van der Waals surface area contributed by atoms with Crippen molar-refractivity contribution < 1.29 is 14.3 Å². The summed E-state index contributed by atoms with van der Waals surface area (Å²) in [5, 5.41) is 7.24. The quantitative estimate of drug-likeness (QED) is 0.649. The van der Waals surface area contributed by atoms with Crippen LogP contribution in [0.5, 0.6) is 0 Å². The molecule has 0 fully saturated rings. The lowest BCUT2D eigenvalue weighted by Crippen LogP contribution is -2.15. The fraction of sp³-hybridized carbons (Fsp3) is 0.158. The van der Waals surface area contributed by atoms with E-state index in [1.54, 1.807) is 30.3 Å². The maximum absolute atomic E-state index is 12.7. The molecule has 2 aromatic heterocycles. The number of carbonyl (C=O) groups excluding carboxylic acids is 2. The number of nitrogens with one attached hydrogen (secondary N) is 2. The van der Waals surface area contributed by atoms with Crippen molar-refractivity contribution in [3.8, 4) is 0 Å². The summed E-state index contributed by atoms with van der Waals surface area (Å²) in [4.78, 5) is 32.9. The van der Waals surface area contributed by atoms with Gasteiger partial charge in [0.2, 0.25) is 0 Å². The molecule has 0 aliphatic carbocycles. The summed E-state index contributed by atoms with van der Waals surface area (Å²) in [6.07, 6.45) is 0. The van der Waals surface area contributed by atoms with E-state index in [4.69, 9.17) is 4.74 Å². The van der Waals surface area contributed by atoms with Gasteiger partial charge in [0.05, 0.1) is 17.7 Å². The molecule has 3 rings (SSSR count). The number of carbonyl (C=O) groups is 2. The predicted octanol–water partition coefficient (Wildman–Crippen LogP) is 3.94. The van der Waals surface area contributed by atoms with Crippen molar-refractivity contribution in [1.29, 1.82) is 0 Å². The smallest absolute Gasteiger partial charge is 0.337 e. The molecule has 0 saturated carbocycles. The van der Waals surface area contributed by atoms with Crippen molar-refractivity contribution >= 4 is 39.7 Å². The number of aromatic nitrogens is 2. The molecule has 0 aliphatic heterocycles. The van der Waals surface area contributed by atoms with Crippen molar-refractivity contribution in [2.24, 2.45) is 0 Å². The Bertz CT molecular complexity index is 1000. The van der Waals surface area contributed by atoms with Gasteiger partial charge in [0.15, 0.2) is 5.69 Å². The maximum Gasteiger partial charge on any atom is 0.337 e. The number of hydrogen-bond acceptors (Lipinski definition) is 7. The van der Waals surface area contributed by atoms with Crippen molar-refractivity contribution in [1.82, 2.24) is 9.97 Å². The number of thiazole rings is 1. The normalized spacial score (nSPS) is 10.3. The van der Waals surface area contributed by atoms with Crippen LogP contribution in [-0.4, -0.2) is 29.0 Å². The van der Waals surface area contributed by atoms with Gasteiger partial charge in [-0.2, -0.15) is 0 Å². The van der Waals surface area contributed by atoms with Crippen LogP contribution in [-0.2, 0) is 4.74 Å². The Labute approximate surface area is 160 Å². The van der Waals surface area contributed by atoms with Crippen molar-refractivity contribution in [3.63, 3.8) is 0 Å². The second-order valence-electron chi connectivity index (χ2n) is 5.73. The number of esters is 1. The van der Waals surface area contributed by atoms with Crippen LogP contribution in [0.2, 0.25) is 0 Å². The average molecular weight is 382 g/mol. The van der Waals surface area contributed by atoms with Gasteiger partial charge in [0, 0.05) is 11.4 Å². The van der Waals surface area contributed by atoms with Crippen molar-refractivity contribution in [2.75, 3.05) is 17.7 Å². The lowest BCUT2D eigenvalue weighted by atomic mass is 10.2. The second-order valence-corrected chi connectivity index (χ2v) is 6.93. The highest BCUT2D eigenvalue weighted by Crippen LogP contribution is 2.29. The highest BCUT2D eigenvalue weighted by molar-refractivity contribution is 7.16. The topological polar surface area (TPSA) is 93.2 Å². The highest BCUT2D eigenvalue weighted by Gasteiger charge is 2.18. The third kappa shape index (κ3) is 4.48. The maximum atomic E-state index is 12.7. The van der Waals surface area contributed by atoms with E-state index in [-0.39, 0.29) is 11.6 Å². The van der Waals surface area contributed by atoms with E-state index in [0.29, 0.717) is 22.1 Å². The van der Waals surface area contributed by atoms with Gasteiger partial charge in [-0.15, -0.1) is 11.3 Å². The molecule has 138 valence electrons. The Kier molecular flexibility index (Phi) is 5.46. The molecule has 8 heteroatoms. The van der Waals surface area contributed by atoms with E-state index < -0.39 is 5.97 Å². The van der Waals surface area contributed by atoms with Gasteiger partial charge in [-0.25, -0.2) is 14.8 Å². The summed E-state index contributed by atoms with van der Waals surface area (Å²) in [7, 11) is 1.33. The molecule has 2 heterocycles. The molecule has 27 heavy (non-hydrogen) atoms. The molecular weight excluding hydrogens is 364 g/mol. The van der Waals surface area contributed by atoms with Gasteiger partial charge >= 0.3 is 5.97 Å². The number of pyridine rings is 1. The molecule has 1 amide bonds. The zero-order chi connectivity index (χ0) is 19.4. The number of amides is 1. The standard InChI is InChI=1S/C19H18N4O3S/c1-11-6-4-9-15(20-11)23-17(24)16-18(27-12(2)21-16)22-14-8-5-7-13(10-14)19(25)26-3/h4-10,22H,1-3H3,(H,20,23,24). The van der Waals surface area contributed by atoms with Gasteiger partial charge in [-0.05, 0) is 44.2 Å². The molecule has 0 atom stereocenters. The van der Waals surface area contributed by atoms with Crippen LogP contribution in [0.1, 0.15) is 31.5 Å². The summed E-state index contributed by atoms with van der Waals surface area (Å²) in [6, 6.07) is 12.2. The van der Waals surface area contributed by atoms with Crippen LogP contribution < -0.4 is 10.6 Å². The molecule has 0 bridgehead atoms. The zero-order valence-electron chi connectivity index (χ0n) is 15.1.